The lowest BCUT2D eigenvalue weighted by atomic mass is 9.92. The number of nitrogens with zero attached hydrogens (tertiary/aromatic N) is 3. The van der Waals surface area contributed by atoms with Crippen LogP contribution >= 0.6 is 0 Å². The number of fused-ring (bicyclic) bond motifs is 1. The van der Waals surface area contributed by atoms with E-state index in [-0.39, 0.29) is 5.69 Å². The van der Waals surface area contributed by atoms with Gasteiger partial charge in [-0.25, -0.2) is 14.2 Å². The lowest BCUT2D eigenvalue weighted by Gasteiger charge is -2.16. The number of carbonyl (C=O) groups is 1. The highest BCUT2D eigenvalue weighted by Gasteiger charge is 2.17. The Morgan fingerprint density at radius 2 is 2.03 bits per heavy atom. The fourth-order valence-electron chi connectivity index (χ4n) is 3.09. The molecule has 2 amide bonds. The van der Waals surface area contributed by atoms with Crippen LogP contribution in [0.25, 0.3) is 22.0 Å². The third-order valence-electron chi connectivity index (χ3n) is 5.01. The van der Waals surface area contributed by atoms with Gasteiger partial charge in [0, 0.05) is 42.5 Å². The molecule has 0 saturated carbocycles. The summed E-state index contributed by atoms with van der Waals surface area (Å²) in [5.74, 6) is 0.188. The monoisotopic (exact) mass is 420 g/mol. The zero-order chi connectivity index (χ0) is 22.6. The number of urea groups is 1. The minimum absolute atomic E-state index is 0.0673. The van der Waals surface area contributed by atoms with E-state index in [9.17, 15) is 9.18 Å². The van der Waals surface area contributed by atoms with Crippen molar-refractivity contribution >= 4 is 28.4 Å². The number of nitriles is 1. The predicted octanol–water partition coefficient (Wildman–Crippen LogP) is 4.85. The predicted molar refractivity (Wildman–Crippen MR) is 120 cm³/mol. The molecular formula is C23H25FN6O. The van der Waals surface area contributed by atoms with E-state index in [0.29, 0.717) is 13.0 Å². The fourth-order valence-corrected chi connectivity index (χ4v) is 3.09. The third-order valence-corrected chi connectivity index (χ3v) is 5.01. The highest BCUT2D eigenvalue weighted by Crippen LogP contribution is 2.30. The summed E-state index contributed by atoms with van der Waals surface area (Å²) < 4.78 is 14.3. The number of anilines is 2. The first-order valence-corrected chi connectivity index (χ1v) is 9.93. The van der Waals surface area contributed by atoms with E-state index in [1.807, 2.05) is 19.1 Å². The Morgan fingerprint density at radius 3 is 2.74 bits per heavy atom. The zero-order valence-electron chi connectivity index (χ0n) is 18.0. The van der Waals surface area contributed by atoms with Gasteiger partial charge in [0.15, 0.2) is 0 Å². The number of hydrogen-bond acceptors (Lipinski definition) is 5. The number of nitrogens with one attached hydrogen (secondary N) is 3. The van der Waals surface area contributed by atoms with Crippen LogP contribution in [0.2, 0.25) is 0 Å². The van der Waals surface area contributed by atoms with Crippen LogP contribution in [-0.4, -0.2) is 29.6 Å². The van der Waals surface area contributed by atoms with E-state index < -0.39 is 17.3 Å². The molecule has 0 radical (unpaired) electrons. The Kier molecular flexibility index (Phi) is 6.35. The molecule has 160 valence electrons. The average molecular weight is 420 g/mol. The van der Waals surface area contributed by atoms with Gasteiger partial charge in [0.25, 0.3) is 0 Å². The van der Waals surface area contributed by atoms with Crippen molar-refractivity contribution in [1.82, 2.24) is 15.3 Å². The normalized spacial score (nSPS) is 11.1. The van der Waals surface area contributed by atoms with E-state index in [0.717, 1.165) is 33.5 Å². The van der Waals surface area contributed by atoms with Crippen molar-refractivity contribution < 1.29 is 9.18 Å². The molecule has 8 heteroatoms. The molecule has 2 heterocycles. The van der Waals surface area contributed by atoms with E-state index in [4.69, 9.17) is 5.26 Å². The third kappa shape index (κ3) is 5.25. The number of amides is 2. The summed E-state index contributed by atoms with van der Waals surface area (Å²) in [6.45, 7) is 5.78. The number of carbonyl (C=O) groups excluding carboxylic acids is 1. The molecule has 0 atom stereocenters. The second-order valence-corrected chi connectivity index (χ2v) is 7.95. The Labute approximate surface area is 180 Å². The summed E-state index contributed by atoms with van der Waals surface area (Å²) in [6, 6.07) is 10.0. The Balaban J connectivity index is 1.81. The van der Waals surface area contributed by atoms with Crippen LogP contribution in [0.4, 0.5) is 20.7 Å². The maximum absolute atomic E-state index is 14.3. The summed E-state index contributed by atoms with van der Waals surface area (Å²) in [5, 5.41) is 18.1. The zero-order valence-corrected chi connectivity index (χ0v) is 18.0. The van der Waals surface area contributed by atoms with Crippen molar-refractivity contribution in [2.75, 3.05) is 24.2 Å². The molecule has 0 aliphatic heterocycles. The van der Waals surface area contributed by atoms with Gasteiger partial charge in [0.2, 0.25) is 0 Å². The molecule has 0 fully saturated rings. The molecule has 0 aliphatic carbocycles. The van der Waals surface area contributed by atoms with Gasteiger partial charge in [-0.2, -0.15) is 5.26 Å². The van der Waals surface area contributed by atoms with Crippen molar-refractivity contribution in [3.05, 3.63) is 48.0 Å². The summed E-state index contributed by atoms with van der Waals surface area (Å²) in [5.41, 5.74) is 2.67. The standard InChI is InChI=1S/C23H25FN6O/c1-14-17(9-16-12-28-21(26-4)11-19(16)29-14)15-5-6-18(24)20(10-15)30-22(31)27-8-7-23(2,3)13-25/h5-6,9-12H,7-8H2,1-4H3,(H,26,28)(H2,27,30,31). The number of aromatic nitrogens is 2. The molecule has 3 aromatic rings. The van der Waals surface area contributed by atoms with Gasteiger partial charge < -0.3 is 16.0 Å². The minimum Gasteiger partial charge on any atom is -0.373 e. The molecule has 3 rings (SSSR count). The van der Waals surface area contributed by atoms with Gasteiger partial charge in [-0.1, -0.05) is 6.07 Å². The second kappa shape index (κ2) is 8.96. The highest BCUT2D eigenvalue weighted by molar-refractivity contribution is 5.91. The largest absolute Gasteiger partial charge is 0.373 e. The summed E-state index contributed by atoms with van der Waals surface area (Å²) in [6.07, 6.45) is 2.22. The van der Waals surface area contributed by atoms with E-state index >= 15 is 0 Å². The molecule has 0 unspecified atom stereocenters. The summed E-state index contributed by atoms with van der Waals surface area (Å²) in [7, 11) is 1.79. The van der Waals surface area contributed by atoms with Crippen molar-refractivity contribution in [2.24, 2.45) is 5.41 Å². The summed E-state index contributed by atoms with van der Waals surface area (Å²) in [4.78, 5) is 21.2. The topological polar surface area (TPSA) is 103 Å². The smallest absolute Gasteiger partial charge is 0.319 e. The van der Waals surface area contributed by atoms with Crippen molar-refractivity contribution in [3.63, 3.8) is 0 Å². The molecule has 0 aliphatic rings. The van der Waals surface area contributed by atoms with Gasteiger partial charge in [-0.15, -0.1) is 0 Å². The van der Waals surface area contributed by atoms with Gasteiger partial charge in [-0.05, 0) is 51.0 Å². The number of rotatable bonds is 6. The molecule has 7 nitrogen and oxygen atoms in total. The van der Waals surface area contributed by atoms with Crippen molar-refractivity contribution in [1.29, 1.82) is 5.26 Å². The molecule has 31 heavy (non-hydrogen) atoms. The molecule has 3 N–H and O–H groups in total. The Morgan fingerprint density at radius 1 is 1.26 bits per heavy atom. The van der Waals surface area contributed by atoms with Gasteiger partial charge in [0.1, 0.15) is 11.6 Å². The first-order valence-electron chi connectivity index (χ1n) is 9.93. The number of benzene rings is 1. The molecule has 1 aromatic carbocycles. The lowest BCUT2D eigenvalue weighted by molar-refractivity contribution is 0.250. The molecule has 2 aromatic heterocycles. The second-order valence-electron chi connectivity index (χ2n) is 7.95. The Hall–Kier alpha value is -3.73. The van der Waals surface area contributed by atoms with Crippen LogP contribution in [0.5, 0.6) is 0 Å². The first kappa shape index (κ1) is 22.0. The van der Waals surface area contributed by atoms with Crippen molar-refractivity contribution in [2.45, 2.75) is 27.2 Å². The van der Waals surface area contributed by atoms with E-state index in [1.165, 1.54) is 6.07 Å². The first-order chi connectivity index (χ1) is 14.7. The van der Waals surface area contributed by atoms with E-state index in [2.05, 4.69) is 32.0 Å². The van der Waals surface area contributed by atoms with Crippen LogP contribution in [-0.2, 0) is 0 Å². The molecule has 0 spiro atoms. The van der Waals surface area contributed by atoms with Crippen LogP contribution < -0.4 is 16.0 Å². The number of halogens is 1. The van der Waals surface area contributed by atoms with Gasteiger partial charge in [-0.3, -0.25) is 4.98 Å². The summed E-state index contributed by atoms with van der Waals surface area (Å²) >= 11 is 0. The van der Waals surface area contributed by atoms with Crippen LogP contribution in [0.15, 0.2) is 36.5 Å². The number of aryl methyl sites for hydroxylation is 1. The van der Waals surface area contributed by atoms with Gasteiger partial charge >= 0.3 is 6.03 Å². The number of hydrogen-bond donors (Lipinski definition) is 3. The molecular weight excluding hydrogens is 395 g/mol. The number of pyridine rings is 2. The van der Waals surface area contributed by atoms with Gasteiger partial charge in [0.05, 0.1) is 22.7 Å². The fraction of sp³-hybridized carbons (Fsp3) is 0.304. The quantitative estimate of drug-likeness (QED) is 0.529. The molecule has 0 bridgehead atoms. The maximum atomic E-state index is 14.3. The van der Waals surface area contributed by atoms with Crippen LogP contribution in [0.3, 0.4) is 0 Å². The van der Waals surface area contributed by atoms with Crippen LogP contribution in [0, 0.1) is 29.5 Å². The lowest BCUT2D eigenvalue weighted by Crippen LogP contribution is -2.31. The van der Waals surface area contributed by atoms with E-state index in [1.54, 1.807) is 39.2 Å². The highest BCUT2D eigenvalue weighted by atomic mass is 19.1. The Bertz CT molecular complexity index is 1170. The van der Waals surface area contributed by atoms with Crippen molar-refractivity contribution in [3.8, 4) is 17.2 Å². The maximum Gasteiger partial charge on any atom is 0.319 e. The minimum atomic E-state index is -0.540. The molecule has 0 saturated heterocycles. The SMILES string of the molecule is CNc1cc2nc(C)c(-c3ccc(F)c(NC(=O)NCCC(C)(C)C#N)c3)cc2cn1. The van der Waals surface area contributed by atoms with Crippen LogP contribution in [0.1, 0.15) is 26.0 Å². The average Bonchev–Trinajstić information content (AvgIpc) is 2.74.